The van der Waals surface area contributed by atoms with E-state index in [0.717, 1.165) is 29.1 Å². The van der Waals surface area contributed by atoms with E-state index in [1.54, 1.807) is 7.11 Å². The van der Waals surface area contributed by atoms with Crippen LogP contribution in [0.4, 0.5) is 11.4 Å². The van der Waals surface area contributed by atoms with E-state index in [1.165, 1.54) is 0 Å². The quantitative estimate of drug-likeness (QED) is 0.326. The van der Waals surface area contributed by atoms with Gasteiger partial charge in [-0.1, -0.05) is 25.1 Å². The van der Waals surface area contributed by atoms with E-state index in [2.05, 4.69) is 15.6 Å². The molecule has 0 spiro atoms. The summed E-state index contributed by atoms with van der Waals surface area (Å²) in [7, 11) is 1.62. The van der Waals surface area contributed by atoms with E-state index >= 15 is 0 Å². The molecule has 4 N–H and O–H groups in total. The molecule has 0 bridgehead atoms. The number of halogens is 1. The fourth-order valence-corrected chi connectivity index (χ4v) is 2.21. The maximum atomic E-state index is 11.6. The highest BCUT2D eigenvalue weighted by atomic mass is 127. The molecule has 0 aliphatic heterocycles. The van der Waals surface area contributed by atoms with Crippen LogP contribution in [0.15, 0.2) is 53.5 Å². The summed E-state index contributed by atoms with van der Waals surface area (Å²) in [6.45, 7) is 2.43. The van der Waals surface area contributed by atoms with Crippen LogP contribution < -0.4 is 21.1 Å². The maximum Gasteiger partial charge on any atom is 0.224 e. The molecule has 0 aliphatic carbocycles. The third-order valence-corrected chi connectivity index (χ3v) is 3.49. The Morgan fingerprint density at radius 3 is 2.50 bits per heavy atom. The smallest absolute Gasteiger partial charge is 0.224 e. The number of methoxy groups -OCH3 is 1. The molecule has 0 atom stereocenters. The normalized spacial score (nSPS) is 10.6. The number of ether oxygens (including phenoxy) is 1. The lowest BCUT2D eigenvalue weighted by Crippen LogP contribution is -2.22. The zero-order chi connectivity index (χ0) is 18.1. The average Bonchev–Trinajstić information content (AvgIpc) is 2.61. The number of hydrogen-bond donors (Lipinski definition) is 3. The second-order valence-corrected chi connectivity index (χ2v) is 5.55. The first kappa shape index (κ1) is 21.8. The third-order valence-electron chi connectivity index (χ3n) is 3.49. The molecule has 0 radical (unpaired) electrons. The average molecular weight is 468 g/mol. The number of rotatable bonds is 7. The molecular formula is C19H25IN4O2. The lowest BCUT2D eigenvalue weighted by atomic mass is 10.2. The Morgan fingerprint density at radius 1 is 1.12 bits per heavy atom. The van der Waals surface area contributed by atoms with Crippen molar-refractivity contribution in [3.05, 3.63) is 54.1 Å². The highest BCUT2D eigenvalue weighted by Crippen LogP contribution is 2.16. The minimum atomic E-state index is 0. The van der Waals surface area contributed by atoms with Gasteiger partial charge in [0, 0.05) is 23.9 Å². The summed E-state index contributed by atoms with van der Waals surface area (Å²) < 4.78 is 5.17. The Balaban J connectivity index is 0.00000338. The molecule has 0 fully saturated rings. The first-order chi connectivity index (χ1) is 12.1. The highest BCUT2D eigenvalue weighted by molar-refractivity contribution is 14.0. The maximum absolute atomic E-state index is 11.6. The first-order valence-electron chi connectivity index (χ1n) is 8.20. The Labute approximate surface area is 171 Å². The number of guanidine groups is 1. The van der Waals surface area contributed by atoms with Crippen LogP contribution in [-0.2, 0) is 11.3 Å². The number of anilines is 2. The van der Waals surface area contributed by atoms with Gasteiger partial charge in [-0.2, -0.15) is 0 Å². The Morgan fingerprint density at radius 2 is 1.85 bits per heavy atom. The molecule has 2 aromatic rings. The number of hydrogen-bond acceptors (Lipinski definition) is 3. The zero-order valence-electron chi connectivity index (χ0n) is 15.0. The van der Waals surface area contributed by atoms with Gasteiger partial charge in [0.2, 0.25) is 5.91 Å². The van der Waals surface area contributed by atoms with Crippen molar-refractivity contribution in [3.63, 3.8) is 0 Å². The molecule has 0 aliphatic rings. The van der Waals surface area contributed by atoms with Crippen LogP contribution >= 0.6 is 24.0 Å². The third kappa shape index (κ3) is 7.30. The summed E-state index contributed by atoms with van der Waals surface area (Å²) in [4.78, 5) is 15.9. The minimum Gasteiger partial charge on any atom is -0.497 e. The van der Waals surface area contributed by atoms with Crippen molar-refractivity contribution in [2.24, 2.45) is 10.7 Å². The van der Waals surface area contributed by atoms with Gasteiger partial charge in [0.1, 0.15) is 5.75 Å². The Kier molecular flexibility index (Phi) is 9.50. The van der Waals surface area contributed by atoms with Gasteiger partial charge < -0.3 is 21.1 Å². The van der Waals surface area contributed by atoms with E-state index in [4.69, 9.17) is 10.5 Å². The molecule has 0 saturated heterocycles. The number of benzene rings is 2. The van der Waals surface area contributed by atoms with Gasteiger partial charge in [0.05, 0.1) is 13.7 Å². The van der Waals surface area contributed by atoms with Gasteiger partial charge >= 0.3 is 0 Å². The zero-order valence-corrected chi connectivity index (χ0v) is 17.3. The molecule has 140 valence electrons. The summed E-state index contributed by atoms with van der Waals surface area (Å²) in [5.41, 5.74) is 8.52. The van der Waals surface area contributed by atoms with Crippen molar-refractivity contribution in [2.45, 2.75) is 26.3 Å². The van der Waals surface area contributed by atoms with Gasteiger partial charge in [-0.3, -0.25) is 4.79 Å². The SMILES string of the molecule is CCCC(=O)Nc1ccc(CN=C(N)Nc2cccc(OC)c2)cc1.I. The lowest BCUT2D eigenvalue weighted by molar-refractivity contribution is -0.116. The summed E-state index contributed by atoms with van der Waals surface area (Å²) >= 11 is 0. The number of nitrogens with two attached hydrogens (primary N) is 1. The molecule has 0 aromatic heterocycles. The largest absolute Gasteiger partial charge is 0.497 e. The van der Waals surface area contributed by atoms with E-state index in [-0.39, 0.29) is 29.9 Å². The van der Waals surface area contributed by atoms with Crippen molar-refractivity contribution in [2.75, 3.05) is 17.7 Å². The molecule has 26 heavy (non-hydrogen) atoms. The van der Waals surface area contributed by atoms with Crippen LogP contribution in [0.2, 0.25) is 0 Å². The fourth-order valence-electron chi connectivity index (χ4n) is 2.21. The topological polar surface area (TPSA) is 88.7 Å². The number of carbonyl (C=O) groups is 1. The van der Waals surface area contributed by atoms with Gasteiger partial charge in [-0.25, -0.2) is 4.99 Å². The number of nitrogens with one attached hydrogen (secondary N) is 2. The molecule has 7 heteroatoms. The predicted molar refractivity (Wildman–Crippen MR) is 117 cm³/mol. The summed E-state index contributed by atoms with van der Waals surface area (Å²) in [6, 6.07) is 15.0. The summed E-state index contributed by atoms with van der Waals surface area (Å²) in [6.07, 6.45) is 1.36. The van der Waals surface area contributed by atoms with Crippen molar-refractivity contribution >= 4 is 47.2 Å². The van der Waals surface area contributed by atoms with Gasteiger partial charge in [0.25, 0.3) is 0 Å². The predicted octanol–water partition coefficient (Wildman–Crippen LogP) is 3.98. The van der Waals surface area contributed by atoms with Crippen molar-refractivity contribution in [1.29, 1.82) is 0 Å². The molecule has 6 nitrogen and oxygen atoms in total. The molecule has 0 unspecified atom stereocenters. The second-order valence-electron chi connectivity index (χ2n) is 5.55. The number of carbonyl (C=O) groups excluding carboxylic acids is 1. The van der Waals surface area contributed by atoms with Crippen molar-refractivity contribution < 1.29 is 9.53 Å². The lowest BCUT2D eigenvalue weighted by Gasteiger charge is -2.08. The molecule has 2 rings (SSSR count). The highest BCUT2D eigenvalue weighted by Gasteiger charge is 2.01. The fraction of sp³-hybridized carbons (Fsp3) is 0.263. The van der Waals surface area contributed by atoms with Crippen LogP contribution in [0.25, 0.3) is 0 Å². The van der Waals surface area contributed by atoms with Crippen molar-refractivity contribution in [3.8, 4) is 5.75 Å². The van der Waals surface area contributed by atoms with Crippen LogP contribution in [-0.4, -0.2) is 19.0 Å². The van der Waals surface area contributed by atoms with E-state index in [1.807, 2.05) is 55.5 Å². The summed E-state index contributed by atoms with van der Waals surface area (Å²) in [5.74, 6) is 1.10. The monoisotopic (exact) mass is 468 g/mol. The van der Waals surface area contributed by atoms with E-state index in [0.29, 0.717) is 18.9 Å². The summed E-state index contributed by atoms with van der Waals surface area (Å²) in [5, 5.41) is 5.88. The van der Waals surface area contributed by atoms with Gasteiger partial charge in [-0.05, 0) is 36.2 Å². The molecule has 1 amide bonds. The minimum absolute atomic E-state index is 0. The van der Waals surface area contributed by atoms with Crippen LogP contribution in [0.3, 0.4) is 0 Å². The Hall–Kier alpha value is -2.29. The van der Waals surface area contributed by atoms with Crippen LogP contribution in [0.1, 0.15) is 25.3 Å². The molecular weight excluding hydrogens is 443 g/mol. The van der Waals surface area contributed by atoms with Crippen molar-refractivity contribution in [1.82, 2.24) is 0 Å². The van der Waals surface area contributed by atoms with Crippen LogP contribution in [0.5, 0.6) is 5.75 Å². The van der Waals surface area contributed by atoms with Gasteiger partial charge in [-0.15, -0.1) is 24.0 Å². The molecule has 2 aromatic carbocycles. The first-order valence-corrected chi connectivity index (χ1v) is 8.20. The number of nitrogens with zero attached hydrogens (tertiary/aromatic N) is 1. The van der Waals surface area contributed by atoms with E-state index in [9.17, 15) is 4.79 Å². The second kappa shape index (κ2) is 11.3. The van der Waals surface area contributed by atoms with Gasteiger partial charge in [0.15, 0.2) is 5.96 Å². The standard InChI is InChI=1S/C19H24N4O2.HI/c1-3-5-18(24)22-15-10-8-14(9-11-15)13-21-19(20)23-16-6-4-7-17(12-16)25-2;/h4,6-12H,3,5,13H2,1-2H3,(H,22,24)(H3,20,21,23);1H. The molecule has 0 heterocycles. The Bertz CT molecular complexity index is 733. The van der Waals surface area contributed by atoms with E-state index < -0.39 is 0 Å². The van der Waals surface area contributed by atoms with Crippen LogP contribution in [0, 0.1) is 0 Å². The number of amides is 1. The molecule has 0 saturated carbocycles. The number of aliphatic imine (C=N–C) groups is 1.